The van der Waals surface area contributed by atoms with E-state index in [0.29, 0.717) is 16.7 Å². The van der Waals surface area contributed by atoms with E-state index in [2.05, 4.69) is 28.5 Å². The van der Waals surface area contributed by atoms with Crippen LogP contribution in [0.25, 0.3) is 11.1 Å². The van der Waals surface area contributed by atoms with E-state index in [1.165, 1.54) is 5.56 Å². The van der Waals surface area contributed by atoms with Gasteiger partial charge in [-0.1, -0.05) is 42.5 Å². The third-order valence-corrected chi connectivity index (χ3v) is 5.58. The quantitative estimate of drug-likeness (QED) is 0.658. The second-order valence-corrected chi connectivity index (χ2v) is 7.59. The number of amides is 1. The van der Waals surface area contributed by atoms with Gasteiger partial charge in [0.1, 0.15) is 5.82 Å². The molecule has 5 heteroatoms. The standard InChI is InChI=1S/C25H24FN3O/c1-15-5-3-8-21(24(15)26)23(13-27)29-25(30)19-7-4-6-17(11-19)18-9-10-20-14-28-16(2)22(20)12-18/h3-12,23H,13-14,27H2,1-2H3,(H,29,30). The summed E-state index contributed by atoms with van der Waals surface area (Å²) >= 11 is 0. The number of hydrogen-bond acceptors (Lipinski definition) is 3. The minimum Gasteiger partial charge on any atom is -0.344 e. The lowest BCUT2D eigenvalue weighted by molar-refractivity contribution is 0.0937. The van der Waals surface area contributed by atoms with Gasteiger partial charge in [-0.25, -0.2) is 4.39 Å². The predicted molar refractivity (Wildman–Crippen MR) is 118 cm³/mol. The van der Waals surface area contributed by atoms with Gasteiger partial charge in [-0.3, -0.25) is 9.79 Å². The number of nitrogens with one attached hydrogen (secondary N) is 1. The van der Waals surface area contributed by atoms with E-state index in [0.717, 1.165) is 28.9 Å². The van der Waals surface area contributed by atoms with E-state index in [1.807, 2.05) is 25.1 Å². The number of aryl methyl sites for hydroxylation is 1. The molecule has 1 atom stereocenters. The second-order valence-electron chi connectivity index (χ2n) is 7.59. The van der Waals surface area contributed by atoms with Gasteiger partial charge in [-0.15, -0.1) is 0 Å². The van der Waals surface area contributed by atoms with Crippen molar-refractivity contribution < 1.29 is 9.18 Å². The zero-order chi connectivity index (χ0) is 21.3. The molecule has 1 aliphatic heterocycles. The molecule has 152 valence electrons. The lowest BCUT2D eigenvalue weighted by atomic mass is 9.97. The summed E-state index contributed by atoms with van der Waals surface area (Å²) in [5, 5.41) is 2.87. The number of hydrogen-bond donors (Lipinski definition) is 2. The highest BCUT2D eigenvalue weighted by Gasteiger charge is 2.19. The normalized spacial score (nSPS) is 13.5. The van der Waals surface area contributed by atoms with E-state index in [4.69, 9.17) is 5.73 Å². The molecular formula is C25H24FN3O. The number of fused-ring (bicyclic) bond motifs is 1. The zero-order valence-corrected chi connectivity index (χ0v) is 17.1. The summed E-state index contributed by atoms with van der Waals surface area (Å²) in [5.41, 5.74) is 12.6. The minimum atomic E-state index is -0.597. The van der Waals surface area contributed by atoms with Gasteiger partial charge in [-0.2, -0.15) is 0 Å². The van der Waals surface area contributed by atoms with Crippen LogP contribution in [0.1, 0.15) is 45.6 Å². The van der Waals surface area contributed by atoms with E-state index < -0.39 is 6.04 Å². The zero-order valence-electron chi connectivity index (χ0n) is 17.1. The van der Waals surface area contributed by atoms with E-state index in [1.54, 1.807) is 31.2 Å². The van der Waals surface area contributed by atoms with E-state index in [9.17, 15) is 9.18 Å². The van der Waals surface area contributed by atoms with Crippen molar-refractivity contribution in [1.29, 1.82) is 0 Å². The topological polar surface area (TPSA) is 67.5 Å². The maximum atomic E-state index is 14.5. The fourth-order valence-electron chi connectivity index (χ4n) is 3.80. The lowest BCUT2D eigenvalue weighted by Gasteiger charge is -2.19. The molecule has 30 heavy (non-hydrogen) atoms. The van der Waals surface area contributed by atoms with Crippen molar-refractivity contribution in [3.8, 4) is 11.1 Å². The van der Waals surface area contributed by atoms with Crippen molar-refractivity contribution in [2.24, 2.45) is 10.7 Å². The third kappa shape index (κ3) is 3.76. The molecule has 0 aliphatic carbocycles. The fraction of sp³-hybridized carbons (Fsp3) is 0.200. The van der Waals surface area contributed by atoms with E-state index in [-0.39, 0.29) is 18.3 Å². The number of benzene rings is 3. The molecule has 0 fully saturated rings. The van der Waals surface area contributed by atoms with Gasteiger partial charge in [0, 0.05) is 28.9 Å². The smallest absolute Gasteiger partial charge is 0.251 e. The van der Waals surface area contributed by atoms with Gasteiger partial charge in [0.25, 0.3) is 5.91 Å². The van der Waals surface area contributed by atoms with Crippen LogP contribution in [0.4, 0.5) is 4.39 Å². The first-order valence-electron chi connectivity index (χ1n) is 9.98. The summed E-state index contributed by atoms with van der Waals surface area (Å²) in [7, 11) is 0. The summed E-state index contributed by atoms with van der Waals surface area (Å²) < 4.78 is 14.5. The molecule has 4 nitrogen and oxygen atoms in total. The average Bonchev–Trinajstić information content (AvgIpc) is 3.14. The molecule has 0 spiro atoms. The Morgan fingerprint density at radius 1 is 1.10 bits per heavy atom. The van der Waals surface area contributed by atoms with Crippen LogP contribution >= 0.6 is 0 Å². The molecule has 3 N–H and O–H groups in total. The molecule has 4 rings (SSSR count). The van der Waals surface area contributed by atoms with Crippen LogP contribution in [0, 0.1) is 12.7 Å². The molecular weight excluding hydrogens is 377 g/mol. The Labute approximate surface area is 175 Å². The maximum Gasteiger partial charge on any atom is 0.251 e. The van der Waals surface area contributed by atoms with Gasteiger partial charge in [0.15, 0.2) is 0 Å². The second kappa shape index (κ2) is 8.20. The van der Waals surface area contributed by atoms with Crippen LogP contribution in [0.3, 0.4) is 0 Å². The van der Waals surface area contributed by atoms with Gasteiger partial charge < -0.3 is 11.1 Å². The van der Waals surface area contributed by atoms with Crippen molar-refractivity contribution in [2.75, 3.05) is 6.54 Å². The predicted octanol–water partition coefficient (Wildman–Crippen LogP) is 4.55. The monoisotopic (exact) mass is 401 g/mol. The van der Waals surface area contributed by atoms with Crippen molar-refractivity contribution in [1.82, 2.24) is 5.32 Å². The molecule has 1 aliphatic rings. The number of carbonyl (C=O) groups is 1. The van der Waals surface area contributed by atoms with Crippen molar-refractivity contribution in [3.05, 3.63) is 94.3 Å². The van der Waals surface area contributed by atoms with Crippen LogP contribution in [0.5, 0.6) is 0 Å². The maximum absolute atomic E-state index is 14.5. The van der Waals surface area contributed by atoms with Gasteiger partial charge in [-0.05, 0) is 54.3 Å². The number of carbonyl (C=O) groups excluding carboxylic acids is 1. The first-order valence-corrected chi connectivity index (χ1v) is 9.98. The summed E-state index contributed by atoms with van der Waals surface area (Å²) in [6.45, 7) is 4.53. The van der Waals surface area contributed by atoms with Crippen LogP contribution in [-0.4, -0.2) is 18.2 Å². The molecule has 1 unspecified atom stereocenters. The van der Waals surface area contributed by atoms with Crippen LogP contribution in [-0.2, 0) is 6.54 Å². The third-order valence-electron chi connectivity index (χ3n) is 5.58. The van der Waals surface area contributed by atoms with Gasteiger partial charge >= 0.3 is 0 Å². The van der Waals surface area contributed by atoms with Crippen LogP contribution in [0.15, 0.2) is 65.7 Å². The molecule has 1 heterocycles. The van der Waals surface area contributed by atoms with Gasteiger partial charge in [0.2, 0.25) is 0 Å². The first-order chi connectivity index (χ1) is 14.5. The van der Waals surface area contributed by atoms with Crippen molar-refractivity contribution >= 4 is 11.6 Å². The van der Waals surface area contributed by atoms with Crippen LogP contribution < -0.4 is 11.1 Å². The SMILES string of the molecule is CC1=NCc2ccc(-c3cccc(C(=O)NC(CN)c4cccc(C)c4F)c3)cc21. The Kier molecular flexibility index (Phi) is 5.46. The van der Waals surface area contributed by atoms with E-state index >= 15 is 0 Å². The fourth-order valence-corrected chi connectivity index (χ4v) is 3.80. The first kappa shape index (κ1) is 20.0. The van der Waals surface area contributed by atoms with Crippen molar-refractivity contribution in [3.63, 3.8) is 0 Å². The molecule has 3 aromatic carbocycles. The summed E-state index contributed by atoms with van der Waals surface area (Å²) in [6, 6.07) is 18.2. The molecule has 3 aromatic rings. The number of nitrogens with zero attached hydrogens (tertiary/aromatic N) is 1. The molecule has 0 saturated carbocycles. The Morgan fingerprint density at radius 3 is 2.67 bits per heavy atom. The number of rotatable bonds is 5. The summed E-state index contributed by atoms with van der Waals surface area (Å²) in [4.78, 5) is 17.4. The Morgan fingerprint density at radius 2 is 1.87 bits per heavy atom. The largest absolute Gasteiger partial charge is 0.344 e. The molecule has 0 saturated heterocycles. The number of halogens is 1. The van der Waals surface area contributed by atoms with Crippen LogP contribution in [0.2, 0.25) is 0 Å². The highest BCUT2D eigenvalue weighted by atomic mass is 19.1. The van der Waals surface area contributed by atoms with Crippen molar-refractivity contribution in [2.45, 2.75) is 26.4 Å². The molecule has 0 aromatic heterocycles. The van der Waals surface area contributed by atoms with Gasteiger partial charge in [0.05, 0.1) is 12.6 Å². The number of aliphatic imine (C=N–C) groups is 1. The highest BCUT2D eigenvalue weighted by molar-refractivity contribution is 6.03. The summed E-state index contributed by atoms with van der Waals surface area (Å²) in [6.07, 6.45) is 0. The Balaban J connectivity index is 1.59. The highest BCUT2D eigenvalue weighted by Crippen LogP contribution is 2.27. The Bertz CT molecular complexity index is 1150. The molecule has 0 radical (unpaired) electrons. The number of nitrogens with two attached hydrogens (primary N) is 1. The Hall–Kier alpha value is -3.31. The minimum absolute atomic E-state index is 0.106. The summed E-state index contributed by atoms with van der Waals surface area (Å²) in [5.74, 6) is -0.621. The molecule has 1 amide bonds. The average molecular weight is 401 g/mol. The lowest BCUT2D eigenvalue weighted by Crippen LogP contribution is -2.34. The molecule has 0 bridgehead atoms.